The predicted octanol–water partition coefficient (Wildman–Crippen LogP) is 2.97. The Morgan fingerprint density at radius 2 is 1.59 bits per heavy atom. The Labute approximate surface area is 171 Å². The Balaban J connectivity index is 1.91. The Bertz CT molecular complexity index is 865. The highest BCUT2D eigenvalue weighted by Crippen LogP contribution is 2.13. The molecule has 0 aliphatic heterocycles. The highest BCUT2D eigenvalue weighted by molar-refractivity contribution is 5.98. The number of amides is 3. The van der Waals surface area contributed by atoms with Gasteiger partial charge in [-0.25, -0.2) is 0 Å². The third kappa shape index (κ3) is 6.95. The first kappa shape index (κ1) is 21.9. The van der Waals surface area contributed by atoms with Crippen LogP contribution in [0.3, 0.4) is 0 Å². The molecule has 0 aliphatic carbocycles. The summed E-state index contributed by atoms with van der Waals surface area (Å²) in [7, 11) is 3.35. The molecule has 2 rings (SSSR count). The standard InChI is InChI=1S/C22H28N4O3/c1-4-5-12-23-21(28)16-8-6-10-18(13-16)24-15-20(27)25-19-11-7-9-17(14-19)22(29)26(2)3/h6-11,13-14,24H,4-5,12,15H2,1-3H3,(H,23,28)(H,25,27). The summed E-state index contributed by atoms with van der Waals surface area (Å²) < 4.78 is 0. The van der Waals surface area contributed by atoms with E-state index in [0.717, 1.165) is 12.8 Å². The van der Waals surface area contributed by atoms with Crippen LogP contribution >= 0.6 is 0 Å². The number of anilines is 2. The van der Waals surface area contributed by atoms with E-state index in [9.17, 15) is 14.4 Å². The van der Waals surface area contributed by atoms with E-state index in [1.165, 1.54) is 4.90 Å². The first-order valence-electron chi connectivity index (χ1n) is 9.64. The van der Waals surface area contributed by atoms with Crippen molar-refractivity contribution in [1.82, 2.24) is 10.2 Å². The lowest BCUT2D eigenvalue weighted by molar-refractivity contribution is -0.114. The zero-order chi connectivity index (χ0) is 21.2. The van der Waals surface area contributed by atoms with Gasteiger partial charge in [0.25, 0.3) is 11.8 Å². The van der Waals surface area contributed by atoms with Crippen molar-refractivity contribution in [2.45, 2.75) is 19.8 Å². The fraction of sp³-hybridized carbons (Fsp3) is 0.318. The molecular formula is C22H28N4O3. The lowest BCUT2D eigenvalue weighted by atomic mass is 10.1. The summed E-state index contributed by atoms with van der Waals surface area (Å²) in [5, 5.41) is 8.65. The Morgan fingerprint density at radius 1 is 0.931 bits per heavy atom. The second kappa shape index (κ2) is 10.8. The van der Waals surface area contributed by atoms with Gasteiger partial charge in [-0.15, -0.1) is 0 Å². The van der Waals surface area contributed by atoms with Crippen molar-refractivity contribution >= 4 is 29.1 Å². The number of carbonyl (C=O) groups is 3. The first-order chi connectivity index (χ1) is 13.9. The molecule has 29 heavy (non-hydrogen) atoms. The maximum absolute atomic E-state index is 12.2. The van der Waals surface area contributed by atoms with E-state index in [1.807, 2.05) is 0 Å². The van der Waals surface area contributed by atoms with Crippen LogP contribution in [0.4, 0.5) is 11.4 Å². The van der Waals surface area contributed by atoms with Crippen molar-refractivity contribution in [3.8, 4) is 0 Å². The summed E-state index contributed by atoms with van der Waals surface area (Å²) in [5.41, 5.74) is 2.28. The van der Waals surface area contributed by atoms with Crippen LogP contribution in [0, 0.1) is 0 Å². The quantitative estimate of drug-likeness (QED) is 0.569. The van der Waals surface area contributed by atoms with Gasteiger partial charge in [-0.3, -0.25) is 14.4 Å². The molecule has 2 aromatic rings. The molecular weight excluding hydrogens is 368 g/mol. The SMILES string of the molecule is CCCCNC(=O)c1cccc(NCC(=O)Nc2cccc(C(=O)N(C)C)c2)c1. The van der Waals surface area contributed by atoms with Gasteiger partial charge in [-0.2, -0.15) is 0 Å². The third-order valence-corrected chi connectivity index (χ3v) is 4.19. The Morgan fingerprint density at radius 3 is 2.28 bits per heavy atom. The normalized spacial score (nSPS) is 10.2. The van der Waals surface area contributed by atoms with E-state index in [4.69, 9.17) is 0 Å². The predicted molar refractivity (Wildman–Crippen MR) is 115 cm³/mol. The second-order valence-electron chi connectivity index (χ2n) is 6.87. The topological polar surface area (TPSA) is 90.5 Å². The molecule has 0 saturated carbocycles. The zero-order valence-electron chi connectivity index (χ0n) is 17.1. The van der Waals surface area contributed by atoms with Gasteiger partial charge in [0.2, 0.25) is 5.91 Å². The number of hydrogen-bond acceptors (Lipinski definition) is 4. The first-order valence-corrected chi connectivity index (χ1v) is 9.64. The van der Waals surface area contributed by atoms with E-state index in [0.29, 0.717) is 29.0 Å². The zero-order valence-corrected chi connectivity index (χ0v) is 17.1. The van der Waals surface area contributed by atoms with E-state index in [2.05, 4.69) is 22.9 Å². The van der Waals surface area contributed by atoms with Crippen LogP contribution in [0.25, 0.3) is 0 Å². The summed E-state index contributed by atoms with van der Waals surface area (Å²) in [6.07, 6.45) is 1.95. The van der Waals surface area contributed by atoms with Crippen LogP contribution in [-0.2, 0) is 4.79 Å². The molecule has 0 unspecified atom stereocenters. The van der Waals surface area contributed by atoms with Crippen LogP contribution in [0.1, 0.15) is 40.5 Å². The number of nitrogens with one attached hydrogen (secondary N) is 3. The van der Waals surface area contributed by atoms with Crippen LogP contribution < -0.4 is 16.0 Å². The molecule has 0 radical (unpaired) electrons. The minimum atomic E-state index is -0.253. The summed E-state index contributed by atoms with van der Waals surface area (Å²) >= 11 is 0. The number of carbonyl (C=O) groups excluding carboxylic acids is 3. The average molecular weight is 396 g/mol. The van der Waals surface area contributed by atoms with Crippen LogP contribution in [0.15, 0.2) is 48.5 Å². The molecule has 7 nitrogen and oxygen atoms in total. The van der Waals surface area contributed by atoms with Gasteiger partial charge in [0.15, 0.2) is 0 Å². The molecule has 0 aliphatic rings. The molecule has 3 N–H and O–H groups in total. The summed E-state index contributed by atoms with van der Waals surface area (Å²) in [4.78, 5) is 37.9. The average Bonchev–Trinajstić information content (AvgIpc) is 2.72. The smallest absolute Gasteiger partial charge is 0.253 e. The maximum atomic E-state index is 12.2. The van der Waals surface area contributed by atoms with E-state index in [1.54, 1.807) is 62.6 Å². The van der Waals surface area contributed by atoms with Crippen LogP contribution in [0.2, 0.25) is 0 Å². The van der Waals surface area contributed by atoms with Crippen molar-refractivity contribution < 1.29 is 14.4 Å². The molecule has 3 amide bonds. The summed E-state index contributed by atoms with van der Waals surface area (Å²) in [5.74, 6) is -0.514. The van der Waals surface area contributed by atoms with E-state index < -0.39 is 0 Å². The minimum Gasteiger partial charge on any atom is -0.376 e. The number of nitrogens with zero attached hydrogens (tertiary/aromatic N) is 1. The molecule has 7 heteroatoms. The monoisotopic (exact) mass is 396 g/mol. The van der Waals surface area contributed by atoms with E-state index in [-0.39, 0.29) is 24.3 Å². The van der Waals surface area contributed by atoms with Crippen molar-refractivity contribution in [3.05, 3.63) is 59.7 Å². The largest absolute Gasteiger partial charge is 0.376 e. The van der Waals surface area contributed by atoms with Crippen molar-refractivity contribution in [2.75, 3.05) is 37.8 Å². The van der Waals surface area contributed by atoms with Crippen LogP contribution in [-0.4, -0.2) is 49.8 Å². The van der Waals surface area contributed by atoms with Crippen molar-refractivity contribution in [1.29, 1.82) is 0 Å². The Kier molecular flexibility index (Phi) is 8.21. The highest BCUT2D eigenvalue weighted by atomic mass is 16.2. The Hall–Kier alpha value is -3.35. The fourth-order valence-corrected chi connectivity index (χ4v) is 2.63. The number of benzene rings is 2. The maximum Gasteiger partial charge on any atom is 0.253 e. The molecule has 0 bridgehead atoms. The van der Waals surface area contributed by atoms with Gasteiger partial charge in [0.05, 0.1) is 6.54 Å². The van der Waals surface area contributed by atoms with Gasteiger partial charge in [-0.05, 0) is 42.8 Å². The molecule has 0 spiro atoms. The van der Waals surface area contributed by atoms with Crippen molar-refractivity contribution in [2.24, 2.45) is 0 Å². The van der Waals surface area contributed by atoms with Crippen LogP contribution in [0.5, 0.6) is 0 Å². The molecule has 0 saturated heterocycles. The molecule has 0 fully saturated rings. The second-order valence-corrected chi connectivity index (χ2v) is 6.87. The molecule has 0 aromatic heterocycles. The minimum absolute atomic E-state index is 0.0345. The van der Waals surface area contributed by atoms with Gasteiger partial charge < -0.3 is 20.9 Å². The van der Waals surface area contributed by atoms with Gasteiger partial charge in [0, 0.05) is 43.1 Å². The third-order valence-electron chi connectivity index (χ3n) is 4.19. The highest BCUT2D eigenvalue weighted by Gasteiger charge is 2.10. The number of rotatable bonds is 9. The molecule has 2 aromatic carbocycles. The number of unbranched alkanes of at least 4 members (excludes halogenated alkanes) is 1. The fourth-order valence-electron chi connectivity index (χ4n) is 2.63. The van der Waals surface area contributed by atoms with E-state index >= 15 is 0 Å². The molecule has 0 heterocycles. The van der Waals surface area contributed by atoms with Gasteiger partial charge >= 0.3 is 0 Å². The van der Waals surface area contributed by atoms with Gasteiger partial charge in [0.1, 0.15) is 0 Å². The van der Waals surface area contributed by atoms with Gasteiger partial charge in [-0.1, -0.05) is 25.5 Å². The lowest BCUT2D eigenvalue weighted by Gasteiger charge is -2.12. The summed E-state index contributed by atoms with van der Waals surface area (Å²) in [6, 6.07) is 13.8. The molecule has 154 valence electrons. The van der Waals surface area contributed by atoms with Crippen molar-refractivity contribution in [3.63, 3.8) is 0 Å². The summed E-state index contributed by atoms with van der Waals surface area (Å²) in [6.45, 7) is 2.75. The molecule has 0 atom stereocenters. The number of hydrogen-bond donors (Lipinski definition) is 3. The lowest BCUT2D eigenvalue weighted by Crippen LogP contribution is -2.25.